The molecule has 1 aliphatic rings. The van der Waals surface area contributed by atoms with Crippen molar-refractivity contribution in [2.45, 2.75) is 55.3 Å². The van der Waals surface area contributed by atoms with Gasteiger partial charge in [-0.3, -0.25) is 4.98 Å². The molecule has 2 nitrogen and oxygen atoms in total. The molecule has 0 spiro atoms. The van der Waals surface area contributed by atoms with Crippen LogP contribution in [0.2, 0.25) is 5.02 Å². The van der Waals surface area contributed by atoms with E-state index in [-0.39, 0.29) is 16.0 Å². The van der Waals surface area contributed by atoms with Gasteiger partial charge in [0.1, 0.15) is 6.10 Å². The Morgan fingerprint density at radius 2 is 1.70 bits per heavy atom. The molecule has 0 N–H and O–H groups in total. The van der Waals surface area contributed by atoms with Gasteiger partial charge in [-0.05, 0) is 37.1 Å². The molecule has 10 heteroatoms. The van der Waals surface area contributed by atoms with Crippen molar-refractivity contribution >= 4 is 23.4 Å². The van der Waals surface area contributed by atoms with Gasteiger partial charge in [-0.15, -0.1) is 11.8 Å². The van der Waals surface area contributed by atoms with Crippen molar-refractivity contribution in [3.05, 3.63) is 58.4 Å². The summed E-state index contributed by atoms with van der Waals surface area (Å²) in [4.78, 5) is 4.29. The lowest BCUT2D eigenvalue weighted by Crippen LogP contribution is -2.23. The van der Waals surface area contributed by atoms with Gasteiger partial charge >= 0.3 is 12.4 Å². The Morgan fingerprint density at radius 1 is 1.03 bits per heavy atom. The number of halogens is 7. The third-order valence-corrected chi connectivity index (χ3v) is 5.79. The highest BCUT2D eigenvalue weighted by molar-refractivity contribution is 8.00. The number of aromatic nitrogens is 1. The maximum absolute atomic E-state index is 12.9. The van der Waals surface area contributed by atoms with Crippen molar-refractivity contribution in [3.8, 4) is 0 Å². The van der Waals surface area contributed by atoms with Crippen LogP contribution in [0.15, 0.2) is 41.4 Å². The van der Waals surface area contributed by atoms with Gasteiger partial charge in [0.2, 0.25) is 0 Å². The van der Waals surface area contributed by atoms with Gasteiger partial charge in [-0.2, -0.15) is 26.3 Å². The molecule has 2 unspecified atom stereocenters. The van der Waals surface area contributed by atoms with Crippen LogP contribution in [0, 0.1) is 0 Å². The number of hydrogen-bond acceptors (Lipinski definition) is 3. The third kappa shape index (κ3) is 6.52. The Hall–Kier alpha value is -1.45. The molecule has 166 valence electrons. The van der Waals surface area contributed by atoms with E-state index in [2.05, 4.69) is 4.98 Å². The van der Waals surface area contributed by atoms with E-state index in [1.165, 1.54) is 17.8 Å². The average Bonchev–Trinajstić information content (AvgIpc) is 2.68. The summed E-state index contributed by atoms with van der Waals surface area (Å²) in [6.07, 6.45) is -7.92. The lowest BCUT2D eigenvalue weighted by Gasteiger charge is -2.29. The van der Waals surface area contributed by atoms with Crippen LogP contribution in [0.1, 0.15) is 49.6 Å². The number of rotatable bonds is 3. The van der Waals surface area contributed by atoms with E-state index in [9.17, 15) is 26.3 Å². The molecule has 0 amide bonds. The number of nitrogens with zero attached hydrogens (tertiary/aromatic N) is 1. The van der Waals surface area contributed by atoms with E-state index < -0.39 is 29.6 Å². The first-order chi connectivity index (χ1) is 14.0. The highest BCUT2D eigenvalue weighted by Crippen LogP contribution is 2.41. The van der Waals surface area contributed by atoms with Gasteiger partial charge in [-0.25, -0.2) is 0 Å². The number of benzene rings is 1. The Labute approximate surface area is 180 Å². The van der Waals surface area contributed by atoms with Gasteiger partial charge in [0.05, 0.1) is 21.8 Å². The lowest BCUT2D eigenvalue weighted by atomic mass is 10.0. The van der Waals surface area contributed by atoms with E-state index in [4.69, 9.17) is 16.3 Å². The molecule has 1 saturated heterocycles. The van der Waals surface area contributed by atoms with E-state index in [1.807, 2.05) is 13.8 Å². The van der Waals surface area contributed by atoms with E-state index >= 15 is 0 Å². The molecule has 0 bridgehead atoms. The number of thioether (sulfide) groups is 1. The summed E-state index contributed by atoms with van der Waals surface area (Å²) < 4.78 is 82.4. The highest BCUT2D eigenvalue weighted by Gasteiger charge is 2.34. The molecule has 2 aromatic rings. The van der Waals surface area contributed by atoms with Crippen LogP contribution in [-0.4, -0.2) is 16.8 Å². The Bertz CT molecular complexity index is 843. The first kappa shape index (κ1) is 24.8. The summed E-state index contributed by atoms with van der Waals surface area (Å²) in [5.74, 6) is 0. The van der Waals surface area contributed by atoms with Gasteiger partial charge < -0.3 is 4.74 Å². The summed E-state index contributed by atoms with van der Waals surface area (Å²) in [6.45, 7) is 4.31. The second-order valence-electron chi connectivity index (χ2n) is 6.24. The maximum atomic E-state index is 12.9. The predicted octanol–water partition coefficient (Wildman–Crippen LogP) is 7.81. The fourth-order valence-corrected chi connectivity index (χ4v) is 4.35. The van der Waals surface area contributed by atoms with E-state index in [0.717, 1.165) is 18.2 Å². The summed E-state index contributed by atoms with van der Waals surface area (Å²) in [5, 5.41) is -0.230. The first-order valence-electron chi connectivity index (χ1n) is 9.22. The fourth-order valence-electron chi connectivity index (χ4n) is 2.84. The normalized spacial score (nSPS) is 19.8. The molecule has 3 rings (SSSR count). The number of alkyl halides is 6. The molecule has 1 aromatic heterocycles. The van der Waals surface area contributed by atoms with Crippen molar-refractivity contribution in [2.24, 2.45) is 0 Å². The molecule has 0 radical (unpaired) electrons. The molecule has 30 heavy (non-hydrogen) atoms. The third-order valence-electron chi connectivity index (χ3n) is 4.20. The minimum Gasteiger partial charge on any atom is -0.372 e. The summed E-state index contributed by atoms with van der Waals surface area (Å²) >= 11 is 7.25. The second-order valence-corrected chi connectivity index (χ2v) is 8.02. The van der Waals surface area contributed by atoms with Crippen LogP contribution >= 0.6 is 23.4 Å². The minimum atomic E-state index is -4.55. The van der Waals surface area contributed by atoms with Crippen LogP contribution < -0.4 is 0 Å². The van der Waals surface area contributed by atoms with E-state index in [1.54, 1.807) is 6.07 Å². The Kier molecular flexibility index (Phi) is 8.47. The number of hydrogen-bond donors (Lipinski definition) is 0. The largest absolute Gasteiger partial charge is 0.417 e. The fraction of sp³-hybridized carbons (Fsp3) is 0.450. The van der Waals surface area contributed by atoms with E-state index in [0.29, 0.717) is 30.5 Å². The SMILES string of the molecule is CC.FC(F)(F)c1cccc(SC2CCOC(c3ncc(C(F)(F)F)cc3Cl)C2)c1. The van der Waals surface area contributed by atoms with Crippen LogP contribution in [0.25, 0.3) is 0 Å². The first-order valence-corrected chi connectivity index (χ1v) is 10.5. The van der Waals surface area contributed by atoms with Crippen LogP contribution in [0.4, 0.5) is 26.3 Å². The zero-order chi connectivity index (χ0) is 22.5. The maximum Gasteiger partial charge on any atom is 0.417 e. The summed E-state index contributed by atoms with van der Waals surface area (Å²) in [6, 6.07) is 5.82. The Balaban J connectivity index is 0.00000155. The van der Waals surface area contributed by atoms with Crippen LogP contribution in [-0.2, 0) is 17.1 Å². The molecule has 1 fully saturated rings. The quantitative estimate of drug-likeness (QED) is 0.426. The standard InChI is InChI=1S/C18H14ClF6NOS.C2H6/c19-14-7-11(18(23,24)25)9-26-16(14)15-8-13(4-5-27-15)28-12-3-1-2-10(6-12)17(20,21)22;1-2/h1-3,6-7,9,13,15H,4-5,8H2;1-2H3. The summed E-state index contributed by atoms with van der Waals surface area (Å²) in [7, 11) is 0. The molecular formula is C20H20ClF6NOS. The zero-order valence-electron chi connectivity index (χ0n) is 16.1. The average molecular weight is 472 g/mol. The molecule has 1 aromatic carbocycles. The molecule has 0 saturated carbocycles. The lowest BCUT2D eigenvalue weighted by molar-refractivity contribution is -0.138. The van der Waals surface area contributed by atoms with Gasteiger partial charge in [0.15, 0.2) is 0 Å². The Morgan fingerprint density at radius 3 is 2.30 bits per heavy atom. The highest BCUT2D eigenvalue weighted by atomic mass is 35.5. The van der Waals surface area contributed by atoms with Gasteiger partial charge in [-0.1, -0.05) is 31.5 Å². The van der Waals surface area contributed by atoms with Crippen molar-refractivity contribution in [1.29, 1.82) is 0 Å². The monoisotopic (exact) mass is 471 g/mol. The predicted molar refractivity (Wildman–Crippen MR) is 105 cm³/mol. The molecular weight excluding hydrogens is 452 g/mol. The molecule has 2 heterocycles. The number of pyridine rings is 1. The summed E-state index contributed by atoms with van der Waals surface area (Å²) in [5.41, 5.74) is -1.48. The molecule has 1 aliphatic heterocycles. The number of ether oxygens (including phenoxy) is 1. The second kappa shape index (κ2) is 10.2. The van der Waals surface area contributed by atoms with Crippen molar-refractivity contribution in [3.63, 3.8) is 0 Å². The minimum absolute atomic E-state index is 0.0811. The zero-order valence-corrected chi connectivity index (χ0v) is 17.7. The topological polar surface area (TPSA) is 22.1 Å². The van der Waals surface area contributed by atoms with Gasteiger partial charge in [0, 0.05) is 22.9 Å². The van der Waals surface area contributed by atoms with Crippen molar-refractivity contribution < 1.29 is 31.1 Å². The van der Waals surface area contributed by atoms with Crippen LogP contribution in [0.3, 0.4) is 0 Å². The van der Waals surface area contributed by atoms with Crippen LogP contribution in [0.5, 0.6) is 0 Å². The van der Waals surface area contributed by atoms with Gasteiger partial charge in [0.25, 0.3) is 0 Å². The smallest absolute Gasteiger partial charge is 0.372 e. The van der Waals surface area contributed by atoms with Crippen molar-refractivity contribution in [2.75, 3.05) is 6.61 Å². The molecule has 2 atom stereocenters. The molecule has 0 aliphatic carbocycles. The van der Waals surface area contributed by atoms with Crippen molar-refractivity contribution in [1.82, 2.24) is 4.98 Å².